The second kappa shape index (κ2) is 9.12. The number of aliphatic hydroxyl groups excluding tert-OH is 1. The van der Waals surface area contributed by atoms with Gasteiger partial charge in [-0.2, -0.15) is 0 Å². The van der Waals surface area contributed by atoms with Crippen molar-refractivity contribution in [2.24, 2.45) is 0 Å². The van der Waals surface area contributed by atoms with Crippen molar-refractivity contribution in [2.75, 3.05) is 40.0 Å². The van der Waals surface area contributed by atoms with Gasteiger partial charge in [-0.25, -0.2) is 4.79 Å². The van der Waals surface area contributed by atoms with E-state index in [4.69, 9.17) is 9.47 Å². The molecule has 1 aliphatic rings. The minimum atomic E-state index is -0.405. The highest BCUT2D eigenvalue weighted by molar-refractivity contribution is 5.67. The topological polar surface area (TPSA) is 71.0 Å². The zero-order valence-corrected chi connectivity index (χ0v) is 11.9. The highest BCUT2D eigenvalue weighted by Gasteiger charge is 2.23. The van der Waals surface area contributed by atoms with Gasteiger partial charge in [-0.1, -0.05) is 0 Å². The molecule has 1 amide bonds. The molecule has 19 heavy (non-hydrogen) atoms. The fourth-order valence-corrected chi connectivity index (χ4v) is 2.21. The lowest BCUT2D eigenvalue weighted by molar-refractivity contribution is 0.0581. The van der Waals surface area contributed by atoms with Crippen molar-refractivity contribution in [3.63, 3.8) is 0 Å². The molecule has 1 unspecified atom stereocenters. The van der Waals surface area contributed by atoms with Crippen molar-refractivity contribution in [3.8, 4) is 0 Å². The summed E-state index contributed by atoms with van der Waals surface area (Å²) in [6, 6.07) is 0.417. The van der Waals surface area contributed by atoms with Gasteiger partial charge in [-0.15, -0.1) is 0 Å². The zero-order chi connectivity index (χ0) is 14.1. The second-order valence-electron chi connectivity index (χ2n) is 4.81. The predicted octanol–water partition coefficient (Wildman–Crippen LogP) is 0.594. The highest BCUT2D eigenvalue weighted by atomic mass is 16.6. The van der Waals surface area contributed by atoms with Crippen LogP contribution in [0.5, 0.6) is 0 Å². The van der Waals surface area contributed by atoms with Crippen molar-refractivity contribution < 1.29 is 19.4 Å². The molecule has 6 nitrogen and oxygen atoms in total. The molecule has 0 bridgehead atoms. The normalized spacial score (nSPS) is 18.4. The zero-order valence-electron chi connectivity index (χ0n) is 11.9. The Balaban J connectivity index is 2.11. The fraction of sp³-hybridized carbons (Fsp3) is 0.923. The average molecular weight is 274 g/mol. The standard InChI is InChI=1S/C13H26N2O4/c1-3-19-13(17)15-8-5-11(6-9-15)14-7-4-12(16)10-18-2/h11-12,14,16H,3-10H2,1-2H3. The van der Waals surface area contributed by atoms with Gasteiger partial charge in [0.2, 0.25) is 0 Å². The lowest BCUT2D eigenvalue weighted by atomic mass is 10.1. The first-order valence-electron chi connectivity index (χ1n) is 6.99. The number of hydrogen-bond donors (Lipinski definition) is 2. The molecule has 1 aliphatic heterocycles. The van der Waals surface area contributed by atoms with E-state index in [0.717, 1.165) is 32.5 Å². The summed E-state index contributed by atoms with van der Waals surface area (Å²) in [6.45, 7) is 4.86. The summed E-state index contributed by atoms with van der Waals surface area (Å²) in [7, 11) is 1.59. The van der Waals surface area contributed by atoms with E-state index in [-0.39, 0.29) is 6.09 Å². The van der Waals surface area contributed by atoms with E-state index in [9.17, 15) is 9.90 Å². The molecule has 0 aromatic heterocycles. The van der Waals surface area contributed by atoms with Gasteiger partial charge in [0.25, 0.3) is 0 Å². The number of likely N-dealkylation sites (tertiary alicyclic amines) is 1. The number of amides is 1. The van der Waals surface area contributed by atoms with Gasteiger partial charge in [0.1, 0.15) is 0 Å². The summed E-state index contributed by atoms with van der Waals surface area (Å²) >= 11 is 0. The number of piperidine rings is 1. The fourth-order valence-electron chi connectivity index (χ4n) is 2.21. The SMILES string of the molecule is CCOC(=O)N1CCC(NCCC(O)COC)CC1. The number of carbonyl (C=O) groups is 1. The van der Waals surface area contributed by atoms with Crippen molar-refractivity contribution >= 4 is 6.09 Å². The molecule has 112 valence electrons. The van der Waals surface area contributed by atoms with Gasteiger partial charge < -0.3 is 24.8 Å². The molecule has 0 saturated carbocycles. The summed E-state index contributed by atoms with van der Waals surface area (Å²) in [5.41, 5.74) is 0. The van der Waals surface area contributed by atoms with Crippen LogP contribution in [0.2, 0.25) is 0 Å². The van der Waals surface area contributed by atoms with Crippen molar-refractivity contribution in [2.45, 2.75) is 38.3 Å². The van der Waals surface area contributed by atoms with E-state index in [1.807, 2.05) is 6.92 Å². The highest BCUT2D eigenvalue weighted by Crippen LogP contribution is 2.11. The van der Waals surface area contributed by atoms with Crippen LogP contribution in [0.3, 0.4) is 0 Å². The van der Waals surface area contributed by atoms with Gasteiger partial charge in [0.05, 0.1) is 19.3 Å². The number of methoxy groups -OCH3 is 1. The maximum atomic E-state index is 11.5. The maximum Gasteiger partial charge on any atom is 0.409 e. The van der Waals surface area contributed by atoms with Gasteiger partial charge in [-0.3, -0.25) is 0 Å². The smallest absolute Gasteiger partial charge is 0.409 e. The number of aliphatic hydroxyl groups is 1. The predicted molar refractivity (Wildman–Crippen MR) is 72.1 cm³/mol. The van der Waals surface area contributed by atoms with Gasteiger partial charge >= 0.3 is 6.09 Å². The third kappa shape index (κ3) is 6.22. The van der Waals surface area contributed by atoms with Crippen molar-refractivity contribution in [1.29, 1.82) is 0 Å². The first-order valence-corrected chi connectivity index (χ1v) is 6.99. The minimum absolute atomic E-state index is 0.212. The maximum absolute atomic E-state index is 11.5. The number of rotatable bonds is 7. The van der Waals surface area contributed by atoms with Crippen molar-refractivity contribution in [1.82, 2.24) is 10.2 Å². The molecule has 1 fully saturated rings. The lowest BCUT2D eigenvalue weighted by Crippen LogP contribution is -2.45. The second-order valence-corrected chi connectivity index (χ2v) is 4.81. The third-order valence-electron chi connectivity index (χ3n) is 3.29. The molecular weight excluding hydrogens is 248 g/mol. The summed E-state index contributed by atoms with van der Waals surface area (Å²) < 4.78 is 9.85. The van der Waals surface area contributed by atoms with E-state index in [2.05, 4.69) is 5.32 Å². The Morgan fingerprint density at radius 3 is 2.74 bits per heavy atom. The van der Waals surface area contributed by atoms with Crippen LogP contribution >= 0.6 is 0 Å². The van der Waals surface area contributed by atoms with Crippen LogP contribution < -0.4 is 5.32 Å². The van der Waals surface area contributed by atoms with E-state index < -0.39 is 6.10 Å². The summed E-state index contributed by atoms with van der Waals surface area (Å²) in [5.74, 6) is 0. The van der Waals surface area contributed by atoms with Gasteiger partial charge in [0.15, 0.2) is 0 Å². The van der Waals surface area contributed by atoms with E-state index in [1.54, 1.807) is 12.0 Å². The van der Waals surface area contributed by atoms with Gasteiger partial charge in [0, 0.05) is 26.2 Å². The van der Waals surface area contributed by atoms with Crippen LogP contribution in [0.25, 0.3) is 0 Å². The summed E-state index contributed by atoms with van der Waals surface area (Å²) in [4.78, 5) is 13.3. The molecule has 1 saturated heterocycles. The Hall–Kier alpha value is -0.850. The average Bonchev–Trinajstić information content (AvgIpc) is 2.40. The van der Waals surface area contributed by atoms with Crippen LogP contribution in [0.15, 0.2) is 0 Å². The van der Waals surface area contributed by atoms with Crippen LogP contribution in [0, 0.1) is 0 Å². The molecule has 2 N–H and O–H groups in total. The number of carbonyl (C=O) groups excluding carboxylic acids is 1. The minimum Gasteiger partial charge on any atom is -0.450 e. The van der Waals surface area contributed by atoms with Crippen molar-refractivity contribution in [3.05, 3.63) is 0 Å². The molecule has 1 atom stereocenters. The number of nitrogens with one attached hydrogen (secondary N) is 1. The van der Waals surface area contributed by atoms with E-state index >= 15 is 0 Å². The Morgan fingerprint density at radius 1 is 1.47 bits per heavy atom. The molecular formula is C13H26N2O4. The Bertz CT molecular complexity index is 255. The molecule has 1 rings (SSSR count). The Labute approximate surface area is 115 Å². The molecule has 1 heterocycles. The Morgan fingerprint density at radius 2 is 2.16 bits per heavy atom. The first-order chi connectivity index (χ1) is 9.17. The molecule has 0 spiro atoms. The monoisotopic (exact) mass is 274 g/mol. The summed E-state index contributed by atoms with van der Waals surface area (Å²) in [5, 5.41) is 12.9. The van der Waals surface area contributed by atoms with Gasteiger partial charge in [-0.05, 0) is 32.7 Å². The van der Waals surface area contributed by atoms with Crippen LogP contribution in [0.1, 0.15) is 26.2 Å². The largest absolute Gasteiger partial charge is 0.450 e. The van der Waals surface area contributed by atoms with E-state index in [0.29, 0.717) is 25.7 Å². The Kier molecular flexibility index (Phi) is 7.78. The molecule has 0 aliphatic carbocycles. The number of nitrogens with zero attached hydrogens (tertiary/aromatic N) is 1. The van der Waals surface area contributed by atoms with Crippen LogP contribution in [0.4, 0.5) is 4.79 Å². The number of hydrogen-bond acceptors (Lipinski definition) is 5. The summed E-state index contributed by atoms with van der Waals surface area (Å²) in [6.07, 6.45) is 1.93. The van der Waals surface area contributed by atoms with E-state index in [1.165, 1.54) is 0 Å². The third-order valence-corrected chi connectivity index (χ3v) is 3.29. The van der Waals surface area contributed by atoms with Crippen LogP contribution in [-0.2, 0) is 9.47 Å². The quantitative estimate of drug-likeness (QED) is 0.711. The molecule has 0 aromatic carbocycles. The molecule has 0 aromatic rings. The first kappa shape index (κ1) is 16.2. The number of ether oxygens (including phenoxy) is 2. The molecule has 0 radical (unpaired) electrons. The molecule has 6 heteroatoms. The lowest BCUT2D eigenvalue weighted by Gasteiger charge is -2.31. The van der Waals surface area contributed by atoms with Crippen LogP contribution in [-0.4, -0.2) is 68.2 Å².